The minimum atomic E-state index is -1.97. The van der Waals surface area contributed by atoms with Crippen LogP contribution in [0.15, 0.2) is 0 Å². The largest absolute Gasteiger partial charge is 0.393 e. The van der Waals surface area contributed by atoms with Crippen molar-refractivity contribution in [3.8, 4) is 0 Å². The highest BCUT2D eigenvalue weighted by molar-refractivity contribution is 5.86. The van der Waals surface area contributed by atoms with Crippen molar-refractivity contribution in [3.63, 3.8) is 0 Å². The molecule has 6 rings (SSSR count). The number of ketones is 1. The molecular weight excluding hydrogens is 582 g/mol. The molecule has 0 aromatic rings. The summed E-state index contributed by atoms with van der Waals surface area (Å²) in [5.74, 6) is -0.0184. The maximum atomic E-state index is 14.5. The Morgan fingerprint density at radius 2 is 1.37 bits per heavy atom. The summed E-state index contributed by atoms with van der Waals surface area (Å²) in [5.41, 5.74) is -1.97. The predicted octanol–water partition coefficient (Wildman–Crippen LogP) is 3.77. The fraction of sp³-hybridized carbons (Fsp3) is 0.974. The molecule has 46 heavy (non-hydrogen) atoms. The molecule has 14 unspecified atom stereocenters. The summed E-state index contributed by atoms with van der Waals surface area (Å²) in [7, 11) is 0. The quantitative estimate of drug-likeness (QED) is 0.222. The van der Waals surface area contributed by atoms with Gasteiger partial charge in [-0.05, 0) is 137 Å². The standard InChI is InChI=1S/C38H65NO7/c1-4-15-39(16-5-2)20-21-11-12-26(25-10-8-7-9-24(21)25)27-13-14-30(41)33-28(27)18-22-17-23-19-31(42)34(29(40)6-3)37(45)38(23,46)36(44)32(22)35(33)43/h21-34,36-37,40-42,44-46H,4-20H2,1-3H3/t21?,22-,23+,24?,25?,26?,27?,28?,29?,30?,31?,32?,33?,34?,36?,37?,38+/m1/s1. The van der Waals surface area contributed by atoms with Crippen molar-refractivity contribution in [3.05, 3.63) is 0 Å². The first-order valence-electron chi connectivity index (χ1n) is 19.4. The van der Waals surface area contributed by atoms with Gasteiger partial charge >= 0.3 is 0 Å². The summed E-state index contributed by atoms with van der Waals surface area (Å²) >= 11 is 0. The summed E-state index contributed by atoms with van der Waals surface area (Å²) in [6.07, 6.45) is 7.52. The number of rotatable bonds is 9. The summed E-state index contributed by atoms with van der Waals surface area (Å²) in [5, 5.41) is 68.2. The molecule has 0 aliphatic heterocycles. The molecule has 17 atom stereocenters. The fourth-order valence-corrected chi connectivity index (χ4v) is 12.8. The van der Waals surface area contributed by atoms with Gasteiger partial charge in [-0.1, -0.05) is 33.6 Å². The number of carbonyl (C=O) groups is 1. The Balaban J connectivity index is 1.23. The Kier molecular flexibility index (Phi) is 11.0. The van der Waals surface area contributed by atoms with Gasteiger partial charge in [-0.3, -0.25) is 4.79 Å². The lowest BCUT2D eigenvalue weighted by Gasteiger charge is -2.61. The number of nitrogens with zero attached hydrogens (tertiary/aromatic N) is 1. The molecular formula is C38H65NO7. The lowest BCUT2D eigenvalue weighted by molar-refractivity contribution is -0.277. The lowest BCUT2D eigenvalue weighted by Crippen LogP contribution is -2.73. The molecule has 6 aliphatic rings. The van der Waals surface area contributed by atoms with Gasteiger partial charge in [0, 0.05) is 24.3 Å². The minimum Gasteiger partial charge on any atom is -0.393 e. The summed E-state index contributed by atoms with van der Waals surface area (Å²) < 4.78 is 0. The summed E-state index contributed by atoms with van der Waals surface area (Å²) in [6.45, 7) is 9.89. The van der Waals surface area contributed by atoms with Gasteiger partial charge < -0.3 is 35.5 Å². The van der Waals surface area contributed by atoms with Crippen molar-refractivity contribution >= 4 is 5.78 Å². The van der Waals surface area contributed by atoms with Crippen LogP contribution in [0.4, 0.5) is 0 Å². The highest BCUT2D eigenvalue weighted by Gasteiger charge is 2.67. The maximum absolute atomic E-state index is 14.5. The second-order valence-electron chi connectivity index (χ2n) is 16.9. The van der Waals surface area contributed by atoms with Crippen molar-refractivity contribution in [1.29, 1.82) is 0 Å². The molecule has 0 spiro atoms. The van der Waals surface area contributed by atoms with E-state index in [1.54, 1.807) is 6.92 Å². The Bertz CT molecular complexity index is 1040. The number of Topliss-reactive ketones (excluding diaryl/α,β-unsaturated/α-hetero) is 1. The Morgan fingerprint density at radius 3 is 2.04 bits per heavy atom. The average molecular weight is 648 g/mol. The van der Waals surface area contributed by atoms with Crippen LogP contribution in [-0.2, 0) is 4.79 Å². The third kappa shape index (κ3) is 5.96. The third-order valence-electron chi connectivity index (χ3n) is 14.7. The zero-order valence-electron chi connectivity index (χ0n) is 28.8. The van der Waals surface area contributed by atoms with Gasteiger partial charge in [0.2, 0.25) is 0 Å². The van der Waals surface area contributed by atoms with E-state index in [2.05, 4.69) is 18.7 Å². The lowest BCUT2D eigenvalue weighted by atomic mass is 9.46. The number of carbonyl (C=O) groups excluding carboxylic acids is 1. The number of aliphatic hydroxyl groups excluding tert-OH is 5. The van der Waals surface area contributed by atoms with Gasteiger partial charge in [0.05, 0.1) is 30.5 Å². The zero-order chi connectivity index (χ0) is 32.9. The molecule has 0 saturated heterocycles. The molecule has 8 nitrogen and oxygen atoms in total. The average Bonchev–Trinajstić information content (AvgIpc) is 3.03. The molecule has 8 heteroatoms. The van der Waals surface area contributed by atoms with E-state index >= 15 is 0 Å². The van der Waals surface area contributed by atoms with Crippen LogP contribution >= 0.6 is 0 Å². The third-order valence-corrected chi connectivity index (χ3v) is 14.7. The first-order chi connectivity index (χ1) is 22.1. The van der Waals surface area contributed by atoms with Gasteiger partial charge in [-0.2, -0.15) is 0 Å². The van der Waals surface area contributed by atoms with Gasteiger partial charge in [-0.25, -0.2) is 0 Å². The van der Waals surface area contributed by atoms with Crippen LogP contribution in [0.1, 0.15) is 111 Å². The SMILES string of the molecule is CCCN(CCC)CC1CCC(C2CCC(O)C3C(=O)C4C(O)[C@]5(O)C(O)C(C(O)CC)C(O)C[C@@H]5C[C@@H]4CC23)C2CCCCC12. The van der Waals surface area contributed by atoms with E-state index in [1.807, 2.05) is 0 Å². The van der Waals surface area contributed by atoms with Crippen LogP contribution in [0, 0.1) is 65.1 Å². The van der Waals surface area contributed by atoms with E-state index in [0.29, 0.717) is 37.0 Å². The molecule has 6 aliphatic carbocycles. The van der Waals surface area contributed by atoms with Crippen molar-refractivity contribution in [2.45, 2.75) is 147 Å². The van der Waals surface area contributed by atoms with Crippen LogP contribution in [0.5, 0.6) is 0 Å². The Hall–Kier alpha value is -0.610. The molecule has 0 aromatic heterocycles. The van der Waals surface area contributed by atoms with Gasteiger partial charge in [0.15, 0.2) is 0 Å². The highest BCUT2D eigenvalue weighted by Crippen LogP contribution is 2.60. The van der Waals surface area contributed by atoms with E-state index in [1.165, 1.54) is 71.0 Å². The number of aliphatic hydroxyl groups is 6. The van der Waals surface area contributed by atoms with E-state index in [9.17, 15) is 35.4 Å². The van der Waals surface area contributed by atoms with Crippen LogP contribution in [0.25, 0.3) is 0 Å². The van der Waals surface area contributed by atoms with E-state index in [4.69, 9.17) is 0 Å². The fourth-order valence-electron chi connectivity index (χ4n) is 12.8. The molecule has 0 bridgehead atoms. The highest BCUT2D eigenvalue weighted by atomic mass is 16.4. The molecule has 0 amide bonds. The molecule has 0 radical (unpaired) electrons. The smallest absolute Gasteiger partial charge is 0.144 e. The van der Waals surface area contributed by atoms with Crippen LogP contribution in [0.2, 0.25) is 0 Å². The van der Waals surface area contributed by atoms with Crippen LogP contribution in [0.3, 0.4) is 0 Å². The first-order valence-corrected chi connectivity index (χ1v) is 19.4. The predicted molar refractivity (Wildman–Crippen MR) is 176 cm³/mol. The van der Waals surface area contributed by atoms with Gasteiger partial charge in [-0.15, -0.1) is 0 Å². The topological polar surface area (TPSA) is 142 Å². The van der Waals surface area contributed by atoms with Crippen LogP contribution < -0.4 is 0 Å². The Morgan fingerprint density at radius 1 is 0.739 bits per heavy atom. The molecule has 264 valence electrons. The van der Waals surface area contributed by atoms with Crippen molar-refractivity contribution in [1.82, 2.24) is 4.90 Å². The van der Waals surface area contributed by atoms with Gasteiger partial charge in [0.25, 0.3) is 0 Å². The second kappa shape index (κ2) is 14.3. The minimum absolute atomic E-state index is 0.0739. The van der Waals surface area contributed by atoms with Gasteiger partial charge in [0.1, 0.15) is 11.4 Å². The molecule has 6 N–H and O–H groups in total. The maximum Gasteiger partial charge on any atom is 0.144 e. The second-order valence-corrected chi connectivity index (χ2v) is 16.9. The van der Waals surface area contributed by atoms with Crippen molar-refractivity contribution in [2.24, 2.45) is 65.1 Å². The molecule has 6 saturated carbocycles. The Labute approximate surface area is 277 Å². The van der Waals surface area contributed by atoms with E-state index in [0.717, 1.165) is 24.7 Å². The van der Waals surface area contributed by atoms with Crippen LogP contribution in [-0.4, -0.2) is 97.1 Å². The first kappa shape index (κ1) is 35.2. The summed E-state index contributed by atoms with van der Waals surface area (Å²) in [6, 6.07) is 0. The number of hydrogen-bond acceptors (Lipinski definition) is 8. The molecule has 0 heterocycles. The monoisotopic (exact) mass is 647 g/mol. The normalized spacial score (nSPS) is 49.9. The zero-order valence-corrected chi connectivity index (χ0v) is 28.8. The summed E-state index contributed by atoms with van der Waals surface area (Å²) in [4.78, 5) is 17.2. The van der Waals surface area contributed by atoms with E-state index < -0.39 is 59.8 Å². The number of fused-ring (bicyclic) bond motifs is 4. The molecule has 6 fully saturated rings. The van der Waals surface area contributed by atoms with E-state index in [-0.39, 0.29) is 24.0 Å². The van der Waals surface area contributed by atoms with Crippen molar-refractivity contribution < 1.29 is 35.4 Å². The molecule has 0 aromatic carbocycles. The van der Waals surface area contributed by atoms with Crippen molar-refractivity contribution in [2.75, 3.05) is 19.6 Å². The number of hydrogen-bond donors (Lipinski definition) is 6.